The number of thiophene rings is 1. The van der Waals surface area contributed by atoms with Crippen LogP contribution in [-0.2, 0) is 17.6 Å². The lowest BCUT2D eigenvalue weighted by molar-refractivity contribution is -0.135. The first-order valence-electron chi connectivity index (χ1n) is 13.0. The summed E-state index contributed by atoms with van der Waals surface area (Å²) in [7, 11) is 0. The summed E-state index contributed by atoms with van der Waals surface area (Å²) < 4.78 is 0. The Balaban J connectivity index is 1.27. The Morgan fingerprint density at radius 3 is 2.47 bits per heavy atom. The van der Waals surface area contributed by atoms with Gasteiger partial charge in [0.15, 0.2) is 0 Å². The van der Waals surface area contributed by atoms with Crippen molar-refractivity contribution in [3.8, 4) is 0 Å². The molecule has 2 amide bonds. The van der Waals surface area contributed by atoms with Crippen LogP contribution in [-0.4, -0.2) is 65.3 Å². The van der Waals surface area contributed by atoms with Crippen molar-refractivity contribution >= 4 is 23.2 Å². The third kappa shape index (κ3) is 4.84. The number of hydrogen-bond acceptors (Lipinski definition) is 4. The lowest BCUT2D eigenvalue weighted by atomic mass is 9.90. The third-order valence-electron chi connectivity index (χ3n) is 7.74. The van der Waals surface area contributed by atoms with Crippen molar-refractivity contribution in [2.45, 2.75) is 45.7 Å². The second-order valence-electron chi connectivity index (χ2n) is 10.0. The Bertz CT molecular complexity index is 1240. The number of amides is 2. The second-order valence-corrected chi connectivity index (χ2v) is 11.0. The zero-order valence-electron chi connectivity index (χ0n) is 21.4. The van der Waals surface area contributed by atoms with E-state index in [-0.39, 0.29) is 23.9 Å². The Hall–Kier alpha value is -2.96. The number of carbonyl (C=O) groups excluding carboxylic acids is 2. The molecule has 0 radical (unpaired) electrons. The normalized spacial score (nSPS) is 20.3. The van der Waals surface area contributed by atoms with Gasteiger partial charge in [-0.05, 0) is 72.5 Å². The summed E-state index contributed by atoms with van der Waals surface area (Å²) in [6, 6.07) is 18.7. The van der Waals surface area contributed by atoms with Crippen molar-refractivity contribution in [3.63, 3.8) is 0 Å². The number of carbonyl (C=O) groups is 2. The fourth-order valence-corrected chi connectivity index (χ4v) is 6.51. The van der Waals surface area contributed by atoms with E-state index in [0.717, 1.165) is 24.9 Å². The maximum Gasteiger partial charge on any atom is 0.254 e. The summed E-state index contributed by atoms with van der Waals surface area (Å²) in [6.45, 7) is 9.31. The summed E-state index contributed by atoms with van der Waals surface area (Å²) in [5.74, 6) is 0.205. The molecule has 3 heterocycles. The van der Waals surface area contributed by atoms with Crippen molar-refractivity contribution in [3.05, 3.63) is 92.7 Å². The average Bonchev–Trinajstić information content (AvgIpc) is 3.38. The lowest BCUT2D eigenvalue weighted by Gasteiger charge is -2.42. The van der Waals surface area contributed by atoms with E-state index in [1.165, 1.54) is 27.1 Å². The van der Waals surface area contributed by atoms with Gasteiger partial charge in [-0.15, -0.1) is 11.3 Å². The van der Waals surface area contributed by atoms with Gasteiger partial charge in [0.05, 0.1) is 12.6 Å². The molecule has 5 rings (SSSR count). The zero-order chi connectivity index (χ0) is 25.2. The molecule has 0 aliphatic carbocycles. The molecule has 2 aliphatic rings. The Morgan fingerprint density at radius 1 is 0.972 bits per heavy atom. The minimum Gasteiger partial charge on any atom is -0.338 e. The molecular formula is C30H35N3O2S. The zero-order valence-corrected chi connectivity index (χ0v) is 22.3. The van der Waals surface area contributed by atoms with Crippen LogP contribution in [0.5, 0.6) is 0 Å². The van der Waals surface area contributed by atoms with E-state index in [2.05, 4.69) is 54.5 Å². The fraction of sp³-hybridized carbons (Fsp3) is 0.400. The second kappa shape index (κ2) is 10.6. The van der Waals surface area contributed by atoms with Crippen LogP contribution < -0.4 is 0 Å². The first-order chi connectivity index (χ1) is 17.5. The fourth-order valence-electron chi connectivity index (χ4n) is 5.60. The molecule has 5 nitrogen and oxygen atoms in total. The molecule has 1 aromatic heterocycles. The van der Waals surface area contributed by atoms with Gasteiger partial charge >= 0.3 is 0 Å². The maximum absolute atomic E-state index is 13.5. The Labute approximate surface area is 218 Å². The Kier molecular flexibility index (Phi) is 7.26. The smallest absolute Gasteiger partial charge is 0.254 e. The predicted octanol–water partition coefficient (Wildman–Crippen LogP) is 4.94. The number of aryl methyl sites for hydroxylation is 2. The number of piperazine rings is 1. The van der Waals surface area contributed by atoms with Gasteiger partial charge in [-0.3, -0.25) is 14.5 Å². The van der Waals surface area contributed by atoms with E-state index >= 15 is 0 Å². The van der Waals surface area contributed by atoms with Crippen molar-refractivity contribution in [1.29, 1.82) is 0 Å². The van der Waals surface area contributed by atoms with Crippen LogP contribution in [0.1, 0.15) is 57.4 Å². The van der Waals surface area contributed by atoms with E-state index in [0.29, 0.717) is 26.2 Å². The molecule has 0 N–H and O–H groups in total. The molecule has 2 atom stereocenters. The first-order valence-corrected chi connectivity index (χ1v) is 13.9. The standard InChI is InChI=1S/C30H35N3O2S/c1-4-23-9-11-24(12-10-23)30(35)33-17-16-31(19-22(33)3)28(34)20-32-15-13-27-26(14-18-36-27)29(32)25-8-6-5-7-21(25)2/h5-12,14,18,22,29H,4,13,15-17,19-20H2,1-3H3/t22-,29+/m0/s1. The highest BCUT2D eigenvalue weighted by molar-refractivity contribution is 7.10. The van der Waals surface area contributed by atoms with Gasteiger partial charge in [-0.2, -0.15) is 0 Å². The molecule has 0 saturated carbocycles. The third-order valence-corrected chi connectivity index (χ3v) is 8.73. The van der Waals surface area contributed by atoms with Gasteiger partial charge in [0, 0.05) is 42.7 Å². The summed E-state index contributed by atoms with van der Waals surface area (Å²) >= 11 is 1.82. The molecule has 188 valence electrons. The van der Waals surface area contributed by atoms with E-state index in [9.17, 15) is 9.59 Å². The van der Waals surface area contributed by atoms with Crippen LogP contribution in [0, 0.1) is 6.92 Å². The highest BCUT2D eigenvalue weighted by Crippen LogP contribution is 2.38. The number of benzene rings is 2. The van der Waals surface area contributed by atoms with E-state index < -0.39 is 0 Å². The quantitative estimate of drug-likeness (QED) is 0.498. The summed E-state index contributed by atoms with van der Waals surface area (Å²) in [4.78, 5) is 34.3. The first kappa shape index (κ1) is 24.7. The summed E-state index contributed by atoms with van der Waals surface area (Å²) in [5.41, 5.74) is 5.83. The minimum absolute atomic E-state index is 0.0157. The van der Waals surface area contributed by atoms with Crippen LogP contribution in [0.15, 0.2) is 60.0 Å². The van der Waals surface area contributed by atoms with Crippen LogP contribution in [0.4, 0.5) is 0 Å². The molecule has 3 aromatic rings. The highest BCUT2D eigenvalue weighted by atomic mass is 32.1. The molecule has 2 aliphatic heterocycles. The molecule has 36 heavy (non-hydrogen) atoms. The SMILES string of the molecule is CCc1ccc(C(=O)N2CCN(C(=O)CN3CCc4sccc4[C@H]3c3ccccc3C)C[C@@H]2C)cc1. The molecule has 0 bridgehead atoms. The summed E-state index contributed by atoms with van der Waals surface area (Å²) in [5, 5.41) is 2.18. The molecule has 2 aromatic carbocycles. The van der Waals surface area contributed by atoms with Gasteiger partial charge in [0.25, 0.3) is 5.91 Å². The molecule has 6 heteroatoms. The van der Waals surface area contributed by atoms with Crippen LogP contribution in [0.2, 0.25) is 0 Å². The highest BCUT2D eigenvalue weighted by Gasteiger charge is 2.35. The predicted molar refractivity (Wildman–Crippen MR) is 146 cm³/mol. The Morgan fingerprint density at radius 2 is 1.75 bits per heavy atom. The van der Waals surface area contributed by atoms with E-state index in [1.54, 1.807) is 0 Å². The number of hydrogen-bond donors (Lipinski definition) is 0. The summed E-state index contributed by atoms with van der Waals surface area (Å²) in [6.07, 6.45) is 1.94. The number of nitrogens with zero attached hydrogens (tertiary/aromatic N) is 3. The van der Waals surface area contributed by atoms with Crippen LogP contribution in [0.3, 0.4) is 0 Å². The van der Waals surface area contributed by atoms with Crippen molar-refractivity contribution in [2.75, 3.05) is 32.7 Å². The number of fused-ring (bicyclic) bond motifs is 1. The molecule has 0 unspecified atom stereocenters. The topological polar surface area (TPSA) is 43.9 Å². The van der Waals surface area contributed by atoms with Crippen molar-refractivity contribution in [2.24, 2.45) is 0 Å². The van der Waals surface area contributed by atoms with Gasteiger partial charge in [-0.1, -0.05) is 43.3 Å². The molecule has 1 saturated heterocycles. The van der Waals surface area contributed by atoms with Gasteiger partial charge in [-0.25, -0.2) is 0 Å². The molecule has 1 fully saturated rings. The van der Waals surface area contributed by atoms with Gasteiger partial charge in [0.2, 0.25) is 5.91 Å². The van der Waals surface area contributed by atoms with Crippen molar-refractivity contribution in [1.82, 2.24) is 14.7 Å². The average molecular weight is 502 g/mol. The van der Waals surface area contributed by atoms with Gasteiger partial charge in [0.1, 0.15) is 0 Å². The van der Waals surface area contributed by atoms with Crippen molar-refractivity contribution < 1.29 is 9.59 Å². The molecule has 0 spiro atoms. The number of rotatable bonds is 5. The van der Waals surface area contributed by atoms with E-state index in [1.807, 2.05) is 52.3 Å². The lowest BCUT2D eigenvalue weighted by Crippen LogP contribution is -2.57. The molecular weight excluding hydrogens is 466 g/mol. The minimum atomic E-state index is -0.0157. The maximum atomic E-state index is 13.5. The van der Waals surface area contributed by atoms with Gasteiger partial charge < -0.3 is 9.80 Å². The van der Waals surface area contributed by atoms with Crippen LogP contribution in [0.25, 0.3) is 0 Å². The van der Waals surface area contributed by atoms with E-state index in [4.69, 9.17) is 0 Å². The monoisotopic (exact) mass is 501 g/mol. The van der Waals surface area contributed by atoms with Crippen LogP contribution >= 0.6 is 11.3 Å². The largest absolute Gasteiger partial charge is 0.338 e.